The second-order valence-corrected chi connectivity index (χ2v) is 6.78. The zero-order valence-electron chi connectivity index (χ0n) is 13.3. The molecule has 0 bridgehead atoms. The van der Waals surface area contributed by atoms with Crippen molar-refractivity contribution in [1.29, 1.82) is 0 Å². The SMILES string of the molecule is CCc1ccc(-c2noc(CCC(=O)N3CCSCC3)n2)cc1. The Bertz CT molecular complexity index is 648. The molecule has 1 aliphatic heterocycles. The number of thioether (sulfide) groups is 1. The average Bonchev–Trinajstić information content (AvgIpc) is 3.09. The predicted molar refractivity (Wildman–Crippen MR) is 91.3 cm³/mol. The highest BCUT2D eigenvalue weighted by atomic mass is 32.2. The minimum atomic E-state index is 0.178. The van der Waals surface area contributed by atoms with Gasteiger partial charge in [0, 0.05) is 43.0 Å². The van der Waals surface area contributed by atoms with E-state index in [-0.39, 0.29) is 5.91 Å². The Morgan fingerprint density at radius 1 is 1.26 bits per heavy atom. The molecule has 0 unspecified atom stereocenters. The summed E-state index contributed by atoms with van der Waals surface area (Å²) in [6, 6.07) is 8.15. The maximum atomic E-state index is 12.1. The second kappa shape index (κ2) is 7.64. The van der Waals surface area contributed by atoms with Crippen molar-refractivity contribution in [2.45, 2.75) is 26.2 Å². The molecule has 6 heteroatoms. The maximum Gasteiger partial charge on any atom is 0.227 e. The Kier molecular flexibility index (Phi) is 5.33. The second-order valence-electron chi connectivity index (χ2n) is 5.56. The van der Waals surface area contributed by atoms with Gasteiger partial charge in [0.15, 0.2) is 0 Å². The van der Waals surface area contributed by atoms with E-state index in [1.165, 1.54) is 5.56 Å². The van der Waals surface area contributed by atoms with Crippen molar-refractivity contribution in [2.75, 3.05) is 24.6 Å². The number of carbonyl (C=O) groups excluding carboxylic acids is 1. The number of nitrogens with zero attached hydrogens (tertiary/aromatic N) is 3. The lowest BCUT2D eigenvalue weighted by atomic mass is 10.1. The van der Waals surface area contributed by atoms with Crippen molar-refractivity contribution in [3.05, 3.63) is 35.7 Å². The van der Waals surface area contributed by atoms with Gasteiger partial charge in [0.1, 0.15) is 0 Å². The quantitative estimate of drug-likeness (QED) is 0.843. The normalized spacial score (nSPS) is 14.9. The number of amides is 1. The molecule has 2 aromatic rings. The minimum Gasteiger partial charge on any atom is -0.341 e. The summed E-state index contributed by atoms with van der Waals surface area (Å²) in [4.78, 5) is 18.5. The van der Waals surface area contributed by atoms with Gasteiger partial charge in [0.25, 0.3) is 0 Å². The zero-order chi connectivity index (χ0) is 16.1. The minimum absolute atomic E-state index is 0.178. The molecule has 5 nitrogen and oxygen atoms in total. The lowest BCUT2D eigenvalue weighted by Crippen LogP contribution is -2.37. The molecular formula is C17H21N3O2S. The third-order valence-corrected chi connectivity index (χ3v) is 4.95. The molecule has 0 saturated carbocycles. The highest BCUT2D eigenvalue weighted by molar-refractivity contribution is 7.99. The Labute approximate surface area is 140 Å². The van der Waals surface area contributed by atoms with Gasteiger partial charge in [0.2, 0.25) is 17.6 Å². The average molecular weight is 331 g/mol. The summed E-state index contributed by atoms with van der Waals surface area (Å²) >= 11 is 1.90. The molecule has 0 aliphatic carbocycles. The highest BCUT2D eigenvalue weighted by Gasteiger charge is 2.18. The number of carbonyl (C=O) groups is 1. The van der Waals surface area contributed by atoms with Crippen LogP contribution < -0.4 is 0 Å². The molecule has 0 atom stereocenters. The van der Waals surface area contributed by atoms with E-state index in [1.54, 1.807) is 0 Å². The number of rotatable bonds is 5. The van der Waals surface area contributed by atoms with Gasteiger partial charge in [0.05, 0.1) is 0 Å². The Balaban J connectivity index is 1.57. The fraction of sp³-hybridized carbons (Fsp3) is 0.471. The largest absolute Gasteiger partial charge is 0.341 e. The van der Waals surface area contributed by atoms with E-state index in [1.807, 2.05) is 28.8 Å². The van der Waals surface area contributed by atoms with Crippen LogP contribution in [0, 0.1) is 0 Å². The number of hydrogen-bond donors (Lipinski definition) is 0. The summed E-state index contributed by atoms with van der Waals surface area (Å²) in [5.74, 6) is 3.36. The van der Waals surface area contributed by atoms with E-state index < -0.39 is 0 Å². The molecule has 23 heavy (non-hydrogen) atoms. The monoisotopic (exact) mass is 331 g/mol. The first-order chi connectivity index (χ1) is 11.3. The smallest absolute Gasteiger partial charge is 0.227 e. The van der Waals surface area contributed by atoms with Gasteiger partial charge in [-0.05, 0) is 12.0 Å². The number of benzene rings is 1. The summed E-state index contributed by atoms with van der Waals surface area (Å²) in [5.41, 5.74) is 2.22. The third kappa shape index (κ3) is 4.13. The standard InChI is InChI=1S/C17H21N3O2S/c1-2-13-3-5-14(6-4-13)17-18-15(22-19-17)7-8-16(21)20-9-11-23-12-10-20/h3-6H,2,7-12H2,1H3. The van der Waals surface area contributed by atoms with Crippen LogP contribution >= 0.6 is 11.8 Å². The Morgan fingerprint density at radius 3 is 2.70 bits per heavy atom. The topological polar surface area (TPSA) is 59.2 Å². The highest BCUT2D eigenvalue weighted by Crippen LogP contribution is 2.18. The van der Waals surface area contributed by atoms with Gasteiger partial charge in [-0.25, -0.2) is 0 Å². The van der Waals surface area contributed by atoms with Crippen LogP contribution in [0.3, 0.4) is 0 Å². The molecule has 1 saturated heterocycles. The van der Waals surface area contributed by atoms with Crippen LogP contribution in [0.2, 0.25) is 0 Å². The maximum absolute atomic E-state index is 12.1. The third-order valence-electron chi connectivity index (χ3n) is 4.00. The Hall–Kier alpha value is -1.82. The van der Waals surface area contributed by atoms with Crippen molar-refractivity contribution in [1.82, 2.24) is 15.0 Å². The van der Waals surface area contributed by atoms with E-state index in [9.17, 15) is 4.79 Å². The first kappa shape index (κ1) is 16.1. The summed E-state index contributed by atoms with van der Waals surface area (Å²) in [7, 11) is 0. The van der Waals surface area contributed by atoms with Gasteiger partial charge in [-0.15, -0.1) is 0 Å². The fourth-order valence-electron chi connectivity index (χ4n) is 2.55. The first-order valence-electron chi connectivity index (χ1n) is 8.03. The van der Waals surface area contributed by atoms with E-state index in [4.69, 9.17) is 4.52 Å². The van der Waals surface area contributed by atoms with Gasteiger partial charge in [-0.2, -0.15) is 16.7 Å². The molecule has 0 spiro atoms. The van der Waals surface area contributed by atoms with E-state index >= 15 is 0 Å². The zero-order valence-corrected chi connectivity index (χ0v) is 14.1. The first-order valence-corrected chi connectivity index (χ1v) is 9.19. The van der Waals surface area contributed by atoms with Gasteiger partial charge >= 0.3 is 0 Å². The lowest BCUT2D eigenvalue weighted by molar-refractivity contribution is -0.130. The van der Waals surface area contributed by atoms with Crippen LogP contribution in [-0.2, 0) is 17.6 Å². The van der Waals surface area contributed by atoms with Gasteiger partial charge < -0.3 is 9.42 Å². The molecule has 1 fully saturated rings. The van der Waals surface area contributed by atoms with E-state index in [2.05, 4.69) is 29.2 Å². The molecule has 3 rings (SSSR count). The van der Waals surface area contributed by atoms with E-state index in [0.717, 1.165) is 36.6 Å². The molecule has 2 heterocycles. The molecule has 0 N–H and O–H groups in total. The van der Waals surface area contributed by atoms with Crippen molar-refractivity contribution in [2.24, 2.45) is 0 Å². The predicted octanol–water partition coefficient (Wildman–Crippen LogP) is 2.81. The fourth-order valence-corrected chi connectivity index (χ4v) is 3.45. The van der Waals surface area contributed by atoms with Crippen LogP contribution in [0.15, 0.2) is 28.8 Å². The van der Waals surface area contributed by atoms with Crippen molar-refractivity contribution in [3.8, 4) is 11.4 Å². The summed E-state index contributed by atoms with van der Waals surface area (Å²) in [6.07, 6.45) is 1.94. The molecule has 0 radical (unpaired) electrons. The Morgan fingerprint density at radius 2 is 2.00 bits per heavy atom. The van der Waals surface area contributed by atoms with Gasteiger partial charge in [-0.3, -0.25) is 4.79 Å². The number of hydrogen-bond acceptors (Lipinski definition) is 5. The van der Waals surface area contributed by atoms with E-state index in [0.29, 0.717) is 24.6 Å². The van der Waals surface area contributed by atoms with Crippen LogP contribution in [0.5, 0.6) is 0 Å². The van der Waals surface area contributed by atoms with Crippen molar-refractivity contribution in [3.63, 3.8) is 0 Å². The molecule has 1 aliphatic rings. The molecular weight excluding hydrogens is 310 g/mol. The van der Waals surface area contributed by atoms with Crippen LogP contribution in [0.1, 0.15) is 24.8 Å². The number of aromatic nitrogens is 2. The molecule has 122 valence electrons. The van der Waals surface area contributed by atoms with Crippen molar-refractivity contribution < 1.29 is 9.32 Å². The van der Waals surface area contributed by atoms with Crippen LogP contribution in [0.4, 0.5) is 0 Å². The summed E-state index contributed by atoms with van der Waals surface area (Å²) in [6.45, 7) is 3.82. The lowest BCUT2D eigenvalue weighted by Gasteiger charge is -2.26. The van der Waals surface area contributed by atoms with Crippen molar-refractivity contribution >= 4 is 17.7 Å². The van der Waals surface area contributed by atoms with Gasteiger partial charge in [-0.1, -0.05) is 36.3 Å². The summed E-state index contributed by atoms with van der Waals surface area (Å²) < 4.78 is 5.28. The molecule has 1 amide bonds. The summed E-state index contributed by atoms with van der Waals surface area (Å²) in [5, 5.41) is 4.02. The molecule has 1 aromatic heterocycles. The molecule has 1 aromatic carbocycles. The van der Waals surface area contributed by atoms with Crippen LogP contribution in [0.25, 0.3) is 11.4 Å². The number of aryl methyl sites for hydroxylation is 2. The van der Waals surface area contributed by atoms with Crippen LogP contribution in [-0.4, -0.2) is 45.5 Å².